The zero-order valence-electron chi connectivity index (χ0n) is 16.6. The lowest BCUT2D eigenvalue weighted by atomic mass is 10.00. The number of pyridine rings is 1. The summed E-state index contributed by atoms with van der Waals surface area (Å²) in [6.45, 7) is 2.54. The topological polar surface area (TPSA) is 111 Å². The van der Waals surface area contributed by atoms with E-state index in [4.69, 9.17) is 16.3 Å². The Morgan fingerprint density at radius 3 is 2.90 bits per heavy atom. The second kappa shape index (κ2) is 8.44. The van der Waals surface area contributed by atoms with E-state index >= 15 is 0 Å². The molecule has 1 aliphatic rings. The minimum absolute atomic E-state index is 0.0386. The summed E-state index contributed by atoms with van der Waals surface area (Å²) >= 11 is 6.45. The Kier molecular flexibility index (Phi) is 5.35. The Balaban J connectivity index is 1.44. The highest BCUT2D eigenvalue weighted by Crippen LogP contribution is 2.32. The summed E-state index contributed by atoms with van der Waals surface area (Å²) in [5.41, 5.74) is 3.66. The number of amides is 1. The van der Waals surface area contributed by atoms with Crippen molar-refractivity contribution >= 4 is 34.4 Å². The van der Waals surface area contributed by atoms with Gasteiger partial charge in [0.1, 0.15) is 12.1 Å². The summed E-state index contributed by atoms with van der Waals surface area (Å²) in [5, 5.41) is 9.48. The second-order valence-corrected chi connectivity index (χ2v) is 7.89. The lowest BCUT2D eigenvalue weighted by Gasteiger charge is -2.22. The van der Waals surface area contributed by atoms with Gasteiger partial charge in [-0.2, -0.15) is 0 Å². The number of nitrogens with one attached hydrogen (secondary N) is 2. The maximum atomic E-state index is 12.2. The highest BCUT2D eigenvalue weighted by molar-refractivity contribution is 6.33. The number of aromatic nitrogens is 6. The highest BCUT2D eigenvalue weighted by Gasteiger charge is 2.17. The predicted molar refractivity (Wildman–Crippen MR) is 116 cm³/mol. The van der Waals surface area contributed by atoms with E-state index in [0.29, 0.717) is 16.8 Å². The summed E-state index contributed by atoms with van der Waals surface area (Å²) in [7, 11) is 0. The number of fused-ring (bicyclic) bond motifs is 1. The minimum Gasteiger partial charge on any atom is -0.381 e. The molecule has 0 unspecified atom stereocenters. The first kappa shape index (κ1) is 19.7. The Morgan fingerprint density at radius 2 is 2.10 bits per heavy atom. The molecule has 158 valence electrons. The molecule has 4 aromatic rings. The van der Waals surface area contributed by atoms with Crippen LogP contribution in [0.1, 0.15) is 23.5 Å². The first-order chi connectivity index (χ1) is 15.2. The van der Waals surface area contributed by atoms with Gasteiger partial charge in [-0.05, 0) is 42.5 Å². The van der Waals surface area contributed by atoms with E-state index in [2.05, 4.69) is 41.1 Å². The predicted octanol–water partition coefficient (Wildman–Crippen LogP) is 3.55. The van der Waals surface area contributed by atoms with Crippen molar-refractivity contribution in [3.63, 3.8) is 0 Å². The van der Waals surface area contributed by atoms with Gasteiger partial charge in [0, 0.05) is 31.5 Å². The average molecular weight is 438 g/mol. The van der Waals surface area contributed by atoms with Crippen LogP contribution < -0.4 is 5.32 Å². The van der Waals surface area contributed by atoms with Crippen molar-refractivity contribution in [3.05, 3.63) is 54.0 Å². The van der Waals surface area contributed by atoms with Crippen molar-refractivity contribution in [2.75, 3.05) is 18.5 Å². The van der Waals surface area contributed by atoms with Crippen LogP contribution in [0.15, 0.2) is 43.1 Å². The molecule has 3 aromatic heterocycles. The van der Waals surface area contributed by atoms with Gasteiger partial charge >= 0.3 is 0 Å². The lowest BCUT2D eigenvalue weighted by molar-refractivity contribution is 0.0616. The molecule has 0 saturated carbocycles. The number of hydrogen-bond donors (Lipinski definition) is 2. The first-order valence-corrected chi connectivity index (χ1v) is 10.4. The standard InChI is InChI=1S/C21H20ClN7O2/c22-16-9-23-19(27-21(30)20-24-11-26-28-20)8-15(16)14-1-2-17-18(7-14)29(12-25-17)10-13-3-5-31-6-4-13/h1-2,7-9,11-13H,3-6,10H2,(H,23,27,30)(H,24,26,28). The van der Waals surface area contributed by atoms with Crippen LogP contribution in [0.4, 0.5) is 5.82 Å². The Hall–Kier alpha value is -3.30. The Morgan fingerprint density at radius 1 is 1.23 bits per heavy atom. The van der Waals surface area contributed by atoms with Crippen molar-refractivity contribution in [1.29, 1.82) is 0 Å². The fourth-order valence-corrected chi connectivity index (χ4v) is 4.01. The van der Waals surface area contributed by atoms with Crippen molar-refractivity contribution in [3.8, 4) is 11.1 Å². The number of hydrogen-bond acceptors (Lipinski definition) is 6. The van der Waals surface area contributed by atoms with E-state index in [1.165, 1.54) is 12.5 Å². The zero-order valence-corrected chi connectivity index (χ0v) is 17.3. The third-order valence-corrected chi connectivity index (χ3v) is 5.74. The van der Waals surface area contributed by atoms with Crippen LogP contribution in [0.3, 0.4) is 0 Å². The normalized spacial score (nSPS) is 14.7. The summed E-state index contributed by atoms with van der Waals surface area (Å²) in [5.74, 6) is 0.533. The first-order valence-electron chi connectivity index (χ1n) is 10.0. The fraction of sp³-hybridized carbons (Fsp3) is 0.286. The number of imidazole rings is 1. The molecule has 10 heteroatoms. The summed E-state index contributed by atoms with van der Waals surface area (Å²) in [6, 6.07) is 7.76. The number of halogens is 1. The third kappa shape index (κ3) is 4.14. The monoisotopic (exact) mass is 437 g/mol. The molecule has 1 amide bonds. The number of carbonyl (C=O) groups is 1. The van der Waals surface area contributed by atoms with Gasteiger partial charge in [0.15, 0.2) is 0 Å². The molecule has 4 heterocycles. The van der Waals surface area contributed by atoms with E-state index in [1.807, 2.05) is 18.5 Å². The largest absolute Gasteiger partial charge is 0.381 e. The fourth-order valence-electron chi connectivity index (χ4n) is 3.80. The SMILES string of the molecule is O=C(Nc1cc(-c2ccc3ncn(CC4CCOCC4)c3c2)c(Cl)cn1)c1nc[nH]n1. The molecule has 31 heavy (non-hydrogen) atoms. The second-order valence-electron chi connectivity index (χ2n) is 7.48. The molecule has 0 bridgehead atoms. The van der Waals surface area contributed by atoms with Crippen molar-refractivity contribution < 1.29 is 9.53 Å². The Labute approximate surface area is 182 Å². The Bertz CT molecular complexity index is 1220. The van der Waals surface area contributed by atoms with Gasteiger partial charge in [-0.3, -0.25) is 9.89 Å². The number of anilines is 1. The number of rotatable bonds is 5. The van der Waals surface area contributed by atoms with Crippen LogP contribution in [-0.4, -0.2) is 48.8 Å². The smallest absolute Gasteiger partial charge is 0.296 e. The molecule has 1 aliphatic heterocycles. The van der Waals surface area contributed by atoms with Crippen LogP contribution in [-0.2, 0) is 11.3 Å². The lowest BCUT2D eigenvalue weighted by Crippen LogP contribution is -2.20. The molecule has 2 N–H and O–H groups in total. The molecular weight excluding hydrogens is 418 g/mol. The van der Waals surface area contributed by atoms with Crippen molar-refractivity contribution in [2.24, 2.45) is 5.92 Å². The molecule has 1 saturated heterocycles. The molecule has 0 radical (unpaired) electrons. The highest BCUT2D eigenvalue weighted by atomic mass is 35.5. The molecule has 5 rings (SSSR count). The number of ether oxygens (including phenoxy) is 1. The van der Waals surface area contributed by atoms with Gasteiger partial charge in [0.05, 0.1) is 22.4 Å². The van der Waals surface area contributed by atoms with Gasteiger partial charge in [-0.25, -0.2) is 15.0 Å². The molecule has 0 atom stereocenters. The number of carbonyl (C=O) groups excluding carboxylic acids is 1. The van der Waals surface area contributed by atoms with Crippen LogP contribution in [0, 0.1) is 5.92 Å². The molecule has 1 aromatic carbocycles. The van der Waals surface area contributed by atoms with Crippen LogP contribution in [0.2, 0.25) is 5.02 Å². The summed E-state index contributed by atoms with van der Waals surface area (Å²) in [6.07, 6.45) is 6.87. The molecule has 0 spiro atoms. The maximum Gasteiger partial charge on any atom is 0.296 e. The maximum absolute atomic E-state index is 12.2. The van der Waals surface area contributed by atoms with Gasteiger partial charge in [-0.15, -0.1) is 5.10 Å². The van der Waals surface area contributed by atoms with Gasteiger partial charge in [0.2, 0.25) is 5.82 Å². The van der Waals surface area contributed by atoms with E-state index in [0.717, 1.165) is 54.8 Å². The van der Waals surface area contributed by atoms with E-state index in [-0.39, 0.29) is 5.82 Å². The number of aromatic amines is 1. The van der Waals surface area contributed by atoms with Gasteiger partial charge < -0.3 is 14.6 Å². The average Bonchev–Trinajstić information content (AvgIpc) is 3.46. The quantitative estimate of drug-likeness (QED) is 0.494. The van der Waals surface area contributed by atoms with Gasteiger partial charge in [0.25, 0.3) is 5.91 Å². The molecule has 1 fully saturated rings. The van der Waals surface area contributed by atoms with E-state index in [1.54, 1.807) is 6.07 Å². The van der Waals surface area contributed by atoms with E-state index in [9.17, 15) is 4.79 Å². The minimum atomic E-state index is -0.452. The summed E-state index contributed by atoms with van der Waals surface area (Å²) < 4.78 is 7.66. The number of H-pyrrole nitrogens is 1. The van der Waals surface area contributed by atoms with Crippen LogP contribution in [0.25, 0.3) is 22.2 Å². The van der Waals surface area contributed by atoms with E-state index < -0.39 is 5.91 Å². The number of benzene rings is 1. The summed E-state index contributed by atoms with van der Waals surface area (Å²) in [4.78, 5) is 24.8. The third-order valence-electron chi connectivity index (χ3n) is 5.44. The molecule has 0 aliphatic carbocycles. The molecular formula is C21H20ClN7O2. The van der Waals surface area contributed by atoms with Crippen LogP contribution >= 0.6 is 11.6 Å². The van der Waals surface area contributed by atoms with Gasteiger partial charge in [-0.1, -0.05) is 17.7 Å². The van der Waals surface area contributed by atoms with Crippen molar-refractivity contribution in [1.82, 2.24) is 29.7 Å². The van der Waals surface area contributed by atoms with Crippen LogP contribution in [0.5, 0.6) is 0 Å². The molecule has 9 nitrogen and oxygen atoms in total. The zero-order chi connectivity index (χ0) is 21.2. The van der Waals surface area contributed by atoms with Crippen molar-refractivity contribution in [2.45, 2.75) is 19.4 Å². The number of nitrogens with zero attached hydrogens (tertiary/aromatic N) is 5.